The molecule has 0 N–H and O–H groups in total. The summed E-state index contributed by atoms with van der Waals surface area (Å²) in [5.74, 6) is 0.723. The van der Waals surface area contributed by atoms with E-state index in [0.29, 0.717) is 5.56 Å². The van der Waals surface area contributed by atoms with Crippen LogP contribution in [0.3, 0.4) is 0 Å². The molecule has 0 bridgehead atoms. The van der Waals surface area contributed by atoms with Gasteiger partial charge in [-0.05, 0) is 12.1 Å². The number of aldehydes is 1. The lowest BCUT2D eigenvalue weighted by atomic mass is 10.1. The summed E-state index contributed by atoms with van der Waals surface area (Å²) in [6.45, 7) is 0. The number of carbonyl (C=O) groups excluding carboxylic acids is 1. The molecule has 0 fully saturated rings. The first-order valence-corrected chi connectivity index (χ1v) is 4.90. The Labute approximate surface area is 93.7 Å². The summed E-state index contributed by atoms with van der Waals surface area (Å²) >= 11 is 0. The first-order chi connectivity index (χ1) is 7.85. The summed E-state index contributed by atoms with van der Waals surface area (Å²) in [6.07, 6.45) is 2.53. The van der Waals surface area contributed by atoms with Crippen LogP contribution in [0.4, 0.5) is 0 Å². The van der Waals surface area contributed by atoms with Gasteiger partial charge in [0.25, 0.3) is 0 Å². The summed E-state index contributed by atoms with van der Waals surface area (Å²) in [7, 11) is 1.61. The topological polar surface area (TPSA) is 39.2 Å². The number of carbonyl (C=O) groups is 1. The molecule has 0 atom stereocenters. The summed E-state index contributed by atoms with van der Waals surface area (Å²) in [5.41, 5.74) is 2.36. The van der Waals surface area contributed by atoms with Crippen LogP contribution in [0, 0.1) is 0 Å². The molecule has 80 valence electrons. The summed E-state index contributed by atoms with van der Waals surface area (Å²) in [6, 6.07) is 10.9. The number of hydrogen-bond acceptors (Lipinski definition) is 3. The standard InChI is InChI=1S/C13H11NO2/c1-16-12-3-2-8-14-13(12)11-6-4-10(9-15)5-7-11/h2-9H,1H3. The lowest BCUT2D eigenvalue weighted by molar-refractivity contribution is 0.112. The van der Waals surface area contributed by atoms with E-state index in [0.717, 1.165) is 23.3 Å². The summed E-state index contributed by atoms with van der Waals surface area (Å²) in [5, 5.41) is 0. The Bertz CT molecular complexity index is 492. The maximum Gasteiger partial charge on any atom is 0.150 e. The molecule has 1 aromatic carbocycles. The van der Waals surface area contributed by atoms with Crippen molar-refractivity contribution in [3.05, 3.63) is 48.2 Å². The molecule has 0 aliphatic heterocycles. The Kier molecular flexibility index (Phi) is 2.96. The van der Waals surface area contributed by atoms with Crippen molar-refractivity contribution >= 4 is 6.29 Å². The van der Waals surface area contributed by atoms with Gasteiger partial charge in [-0.2, -0.15) is 0 Å². The van der Waals surface area contributed by atoms with Crippen molar-refractivity contribution in [1.82, 2.24) is 4.98 Å². The molecule has 0 radical (unpaired) electrons. The first-order valence-electron chi connectivity index (χ1n) is 4.90. The normalized spacial score (nSPS) is 9.81. The minimum Gasteiger partial charge on any atom is -0.494 e. The molecule has 2 aromatic rings. The molecule has 0 aliphatic carbocycles. The van der Waals surface area contributed by atoms with E-state index in [-0.39, 0.29) is 0 Å². The van der Waals surface area contributed by atoms with E-state index in [4.69, 9.17) is 4.74 Å². The third-order valence-electron chi connectivity index (χ3n) is 2.31. The quantitative estimate of drug-likeness (QED) is 0.735. The largest absolute Gasteiger partial charge is 0.494 e. The highest BCUT2D eigenvalue weighted by Gasteiger charge is 2.05. The maximum absolute atomic E-state index is 10.5. The van der Waals surface area contributed by atoms with Gasteiger partial charge in [0.1, 0.15) is 17.7 Å². The molecular weight excluding hydrogens is 202 g/mol. The lowest BCUT2D eigenvalue weighted by Crippen LogP contribution is -1.90. The van der Waals surface area contributed by atoms with Crippen LogP contribution >= 0.6 is 0 Å². The average molecular weight is 213 g/mol. The molecule has 0 saturated carbocycles. The third-order valence-corrected chi connectivity index (χ3v) is 2.31. The van der Waals surface area contributed by atoms with Crippen molar-refractivity contribution in [1.29, 1.82) is 0 Å². The monoisotopic (exact) mass is 213 g/mol. The molecule has 3 heteroatoms. The number of hydrogen-bond donors (Lipinski definition) is 0. The maximum atomic E-state index is 10.5. The molecule has 2 rings (SSSR count). The molecule has 1 heterocycles. The molecule has 0 aliphatic rings. The second-order valence-electron chi connectivity index (χ2n) is 3.29. The van der Waals surface area contributed by atoms with E-state index in [1.807, 2.05) is 24.3 Å². The number of ether oxygens (including phenoxy) is 1. The molecule has 1 aromatic heterocycles. The van der Waals surface area contributed by atoms with E-state index in [9.17, 15) is 4.79 Å². The van der Waals surface area contributed by atoms with Gasteiger partial charge in [-0.15, -0.1) is 0 Å². The number of pyridine rings is 1. The van der Waals surface area contributed by atoms with Crippen LogP contribution in [0.5, 0.6) is 5.75 Å². The van der Waals surface area contributed by atoms with Crippen molar-refractivity contribution in [2.45, 2.75) is 0 Å². The van der Waals surface area contributed by atoms with E-state index >= 15 is 0 Å². The van der Waals surface area contributed by atoms with Gasteiger partial charge in [0.05, 0.1) is 7.11 Å². The minimum absolute atomic E-state index is 0.652. The Morgan fingerprint density at radius 2 is 1.94 bits per heavy atom. The fourth-order valence-corrected chi connectivity index (χ4v) is 1.49. The summed E-state index contributed by atoms with van der Waals surface area (Å²) in [4.78, 5) is 14.8. The number of benzene rings is 1. The van der Waals surface area contributed by atoms with Gasteiger partial charge in [0, 0.05) is 17.3 Å². The molecule has 0 spiro atoms. The Balaban J connectivity index is 2.45. The van der Waals surface area contributed by atoms with Gasteiger partial charge in [-0.25, -0.2) is 0 Å². The second-order valence-corrected chi connectivity index (χ2v) is 3.29. The average Bonchev–Trinajstić information content (AvgIpc) is 2.39. The van der Waals surface area contributed by atoms with Crippen LogP contribution < -0.4 is 4.74 Å². The van der Waals surface area contributed by atoms with E-state index in [1.165, 1.54) is 0 Å². The Morgan fingerprint density at radius 3 is 2.56 bits per heavy atom. The highest BCUT2D eigenvalue weighted by molar-refractivity contribution is 5.77. The zero-order chi connectivity index (χ0) is 11.4. The predicted octanol–water partition coefficient (Wildman–Crippen LogP) is 2.57. The van der Waals surface area contributed by atoms with Crippen LogP contribution in [-0.2, 0) is 0 Å². The predicted molar refractivity (Wildman–Crippen MR) is 61.6 cm³/mol. The molecule has 0 amide bonds. The summed E-state index contributed by atoms with van der Waals surface area (Å²) < 4.78 is 5.22. The van der Waals surface area contributed by atoms with E-state index < -0.39 is 0 Å². The fourth-order valence-electron chi connectivity index (χ4n) is 1.49. The molecule has 16 heavy (non-hydrogen) atoms. The van der Waals surface area contributed by atoms with Crippen LogP contribution in [0.2, 0.25) is 0 Å². The van der Waals surface area contributed by atoms with Crippen molar-refractivity contribution in [2.75, 3.05) is 7.11 Å². The number of nitrogens with zero attached hydrogens (tertiary/aromatic N) is 1. The first kappa shape index (κ1) is 10.4. The molecule has 0 saturated heterocycles. The van der Waals surface area contributed by atoms with Crippen LogP contribution in [0.1, 0.15) is 10.4 Å². The fraction of sp³-hybridized carbons (Fsp3) is 0.0769. The number of aromatic nitrogens is 1. The Morgan fingerprint density at radius 1 is 1.19 bits per heavy atom. The zero-order valence-electron chi connectivity index (χ0n) is 8.88. The highest BCUT2D eigenvalue weighted by atomic mass is 16.5. The van der Waals surface area contributed by atoms with E-state index in [2.05, 4.69) is 4.98 Å². The smallest absolute Gasteiger partial charge is 0.150 e. The van der Waals surface area contributed by atoms with Crippen LogP contribution in [0.25, 0.3) is 11.3 Å². The van der Waals surface area contributed by atoms with Gasteiger partial charge in [0.15, 0.2) is 0 Å². The molecule has 3 nitrogen and oxygen atoms in total. The van der Waals surface area contributed by atoms with E-state index in [1.54, 1.807) is 25.4 Å². The second kappa shape index (κ2) is 4.57. The van der Waals surface area contributed by atoms with Crippen molar-refractivity contribution in [3.8, 4) is 17.0 Å². The van der Waals surface area contributed by atoms with Gasteiger partial charge in [-0.3, -0.25) is 9.78 Å². The number of rotatable bonds is 3. The highest BCUT2D eigenvalue weighted by Crippen LogP contribution is 2.26. The third kappa shape index (κ3) is 1.93. The Hall–Kier alpha value is -2.16. The SMILES string of the molecule is COc1cccnc1-c1ccc(C=O)cc1. The van der Waals surface area contributed by atoms with Gasteiger partial charge in [0.2, 0.25) is 0 Å². The van der Waals surface area contributed by atoms with Crippen molar-refractivity contribution in [3.63, 3.8) is 0 Å². The van der Waals surface area contributed by atoms with Gasteiger partial charge in [-0.1, -0.05) is 24.3 Å². The van der Waals surface area contributed by atoms with Gasteiger partial charge >= 0.3 is 0 Å². The molecular formula is C13H11NO2. The minimum atomic E-state index is 0.652. The van der Waals surface area contributed by atoms with Crippen LogP contribution in [-0.4, -0.2) is 18.4 Å². The van der Waals surface area contributed by atoms with Crippen molar-refractivity contribution < 1.29 is 9.53 Å². The van der Waals surface area contributed by atoms with Crippen molar-refractivity contribution in [2.24, 2.45) is 0 Å². The zero-order valence-corrected chi connectivity index (χ0v) is 8.88. The number of methoxy groups -OCH3 is 1. The van der Waals surface area contributed by atoms with Gasteiger partial charge < -0.3 is 4.74 Å². The molecule has 0 unspecified atom stereocenters. The lowest BCUT2D eigenvalue weighted by Gasteiger charge is -2.06. The van der Waals surface area contributed by atoms with Crippen LogP contribution in [0.15, 0.2) is 42.6 Å².